The van der Waals surface area contributed by atoms with Crippen LogP contribution >= 0.6 is 0 Å². The van der Waals surface area contributed by atoms with Crippen molar-refractivity contribution in [3.63, 3.8) is 0 Å². The van der Waals surface area contributed by atoms with Gasteiger partial charge in [-0.15, -0.1) is 0 Å². The van der Waals surface area contributed by atoms with Gasteiger partial charge in [0.15, 0.2) is 0 Å². The molecule has 20 heavy (non-hydrogen) atoms. The van der Waals surface area contributed by atoms with Crippen molar-refractivity contribution in [1.82, 2.24) is 5.32 Å². The first kappa shape index (κ1) is 16.8. The number of nitro groups is 1. The SMILES string of the molecule is Cc1cc([N+](=O)[O-])ccc1CNCCOC[Si](C)(C)C. The second-order valence-electron chi connectivity index (χ2n) is 6.16. The molecule has 1 aromatic rings. The number of hydrogen-bond donors (Lipinski definition) is 1. The average molecular weight is 296 g/mol. The van der Waals surface area contributed by atoms with E-state index in [4.69, 9.17) is 4.74 Å². The third kappa shape index (κ3) is 6.27. The molecule has 1 rings (SSSR count). The van der Waals surface area contributed by atoms with E-state index < -0.39 is 8.07 Å². The molecule has 0 aliphatic heterocycles. The maximum atomic E-state index is 10.7. The number of nitrogens with one attached hydrogen (secondary N) is 1. The monoisotopic (exact) mass is 296 g/mol. The highest BCUT2D eigenvalue weighted by molar-refractivity contribution is 6.76. The smallest absolute Gasteiger partial charge is 0.269 e. The van der Waals surface area contributed by atoms with Crippen LogP contribution in [0, 0.1) is 17.0 Å². The van der Waals surface area contributed by atoms with Crippen LogP contribution < -0.4 is 5.32 Å². The van der Waals surface area contributed by atoms with Crippen molar-refractivity contribution in [3.05, 3.63) is 39.4 Å². The minimum Gasteiger partial charge on any atom is -0.383 e. The van der Waals surface area contributed by atoms with E-state index in [1.165, 1.54) is 0 Å². The lowest BCUT2D eigenvalue weighted by Gasteiger charge is -2.16. The van der Waals surface area contributed by atoms with Gasteiger partial charge in [0.2, 0.25) is 0 Å². The van der Waals surface area contributed by atoms with Gasteiger partial charge in [-0.3, -0.25) is 10.1 Å². The van der Waals surface area contributed by atoms with Crippen LogP contribution in [0.4, 0.5) is 5.69 Å². The molecule has 0 bridgehead atoms. The molecule has 1 aromatic carbocycles. The second-order valence-corrected chi connectivity index (χ2v) is 11.6. The average Bonchev–Trinajstić information content (AvgIpc) is 2.33. The zero-order valence-corrected chi connectivity index (χ0v) is 13.7. The summed E-state index contributed by atoms with van der Waals surface area (Å²) in [5.41, 5.74) is 2.17. The van der Waals surface area contributed by atoms with E-state index >= 15 is 0 Å². The summed E-state index contributed by atoms with van der Waals surface area (Å²) in [5, 5.41) is 14.0. The molecule has 0 amide bonds. The van der Waals surface area contributed by atoms with Crippen LogP contribution in [0.3, 0.4) is 0 Å². The Bertz CT molecular complexity index is 458. The fourth-order valence-electron chi connectivity index (χ4n) is 1.74. The highest BCUT2D eigenvalue weighted by atomic mass is 28.3. The van der Waals surface area contributed by atoms with E-state index in [0.717, 1.165) is 23.9 Å². The molecule has 0 saturated carbocycles. The van der Waals surface area contributed by atoms with Gasteiger partial charge in [0, 0.05) is 31.5 Å². The van der Waals surface area contributed by atoms with Crippen molar-refractivity contribution in [2.75, 3.05) is 19.4 Å². The van der Waals surface area contributed by atoms with E-state index in [-0.39, 0.29) is 10.6 Å². The Balaban J connectivity index is 2.31. The molecule has 0 aliphatic rings. The van der Waals surface area contributed by atoms with Crippen LogP contribution in [0.15, 0.2) is 18.2 Å². The van der Waals surface area contributed by atoms with Crippen LogP contribution in [-0.2, 0) is 11.3 Å². The molecular formula is C14H24N2O3Si. The Labute approximate surface area is 121 Å². The molecule has 0 aliphatic carbocycles. The normalized spacial score (nSPS) is 11.6. The standard InChI is InChI=1S/C14H24N2O3Si/c1-12-9-14(16(17)18)6-5-13(12)10-15-7-8-19-11-20(2,3)4/h5-6,9,15H,7-8,10-11H2,1-4H3. The van der Waals surface area contributed by atoms with Gasteiger partial charge in [-0.2, -0.15) is 0 Å². The van der Waals surface area contributed by atoms with E-state index in [1.807, 2.05) is 13.0 Å². The summed E-state index contributed by atoms with van der Waals surface area (Å²) in [5.74, 6) is 0. The molecular weight excluding hydrogens is 272 g/mol. The molecule has 0 aromatic heterocycles. The maximum Gasteiger partial charge on any atom is 0.269 e. The van der Waals surface area contributed by atoms with Gasteiger partial charge >= 0.3 is 0 Å². The van der Waals surface area contributed by atoms with Gasteiger partial charge in [0.1, 0.15) is 0 Å². The van der Waals surface area contributed by atoms with Crippen LogP contribution in [-0.4, -0.2) is 32.4 Å². The van der Waals surface area contributed by atoms with Gasteiger partial charge in [-0.1, -0.05) is 25.7 Å². The van der Waals surface area contributed by atoms with Crippen molar-refractivity contribution >= 4 is 13.8 Å². The molecule has 0 saturated heterocycles. The Morgan fingerprint density at radius 1 is 1.35 bits per heavy atom. The van der Waals surface area contributed by atoms with Crippen LogP contribution in [0.1, 0.15) is 11.1 Å². The summed E-state index contributed by atoms with van der Waals surface area (Å²) < 4.78 is 5.63. The molecule has 0 atom stereocenters. The first-order chi connectivity index (χ1) is 9.29. The second kappa shape index (κ2) is 7.52. The summed E-state index contributed by atoms with van der Waals surface area (Å²) in [6.07, 6.45) is 0.880. The lowest BCUT2D eigenvalue weighted by molar-refractivity contribution is -0.384. The number of rotatable bonds is 8. The molecule has 0 fully saturated rings. The Morgan fingerprint density at radius 3 is 2.60 bits per heavy atom. The van der Waals surface area contributed by atoms with Gasteiger partial charge in [0.05, 0.1) is 19.6 Å². The molecule has 1 N–H and O–H groups in total. The number of ether oxygens (including phenoxy) is 1. The zero-order chi connectivity index (χ0) is 15.2. The number of benzene rings is 1. The molecule has 6 heteroatoms. The third-order valence-corrected chi connectivity index (χ3v) is 3.88. The predicted molar refractivity (Wildman–Crippen MR) is 83.7 cm³/mol. The number of hydrogen-bond acceptors (Lipinski definition) is 4. The Hall–Kier alpha value is -1.24. The molecule has 0 unspecified atom stereocenters. The summed E-state index contributed by atoms with van der Waals surface area (Å²) >= 11 is 0. The fraction of sp³-hybridized carbons (Fsp3) is 0.571. The lowest BCUT2D eigenvalue weighted by atomic mass is 10.1. The fourth-order valence-corrected chi connectivity index (χ4v) is 2.49. The number of nitro benzene ring substituents is 1. The quantitative estimate of drug-likeness (QED) is 0.347. The van der Waals surface area contributed by atoms with Crippen LogP contribution in [0.5, 0.6) is 0 Å². The lowest BCUT2D eigenvalue weighted by Crippen LogP contribution is -2.30. The Morgan fingerprint density at radius 2 is 2.05 bits per heavy atom. The van der Waals surface area contributed by atoms with Gasteiger partial charge in [-0.05, 0) is 18.1 Å². The summed E-state index contributed by atoms with van der Waals surface area (Å²) in [4.78, 5) is 10.3. The minimum absolute atomic E-state index is 0.143. The van der Waals surface area contributed by atoms with Gasteiger partial charge in [0.25, 0.3) is 5.69 Å². The van der Waals surface area contributed by atoms with E-state index in [1.54, 1.807) is 12.1 Å². The van der Waals surface area contributed by atoms with Crippen molar-refractivity contribution < 1.29 is 9.66 Å². The van der Waals surface area contributed by atoms with Crippen molar-refractivity contribution in [2.45, 2.75) is 33.1 Å². The molecule has 0 spiro atoms. The molecule has 0 heterocycles. The highest BCUT2D eigenvalue weighted by Crippen LogP contribution is 2.16. The largest absolute Gasteiger partial charge is 0.383 e. The number of non-ortho nitro benzene ring substituents is 1. The van der Waals surface area contributed by atoms with Crippen LogP contribution in [0.25, 0.3) is 0 Å². The summed E-state index contributed by atoms with van der Waals surface area (Å²) in [6.45, 7) is 10.9. The molecule has 112 valence electrons. The van der Waals surface area contributed by atoms with Gasteiger partial charge < -0.3 is 10.1 Å². The van der Waals surface area contributed by atoms with E-state index in [9.17, 15) is 10.1 Å². The van der Waals surface area contributed by atoms with Crippen molar-refractivity contribution in [1.29, 1.82) is 0 Å². The predicted octanol–water partition coefficient (Wildman–Crippen LogP) is 2.89. The maximum absolute atomic E-state index is 10.7. The van der Waals surface area contributed by atoms with Crippen molar-refractivity contribution in [3.8, 4) is 0 Å². The highest BCUT2D eigenvalue weighted by Gasteiger charge is 2.12. The van der Waals surface area contributed by atoms with Gasteiger partial charge in [-0.25, -0.2) is 0 Å². The van der Waals surface area contributed by atoms with Crippen LogP contribution in [0.2, 0.25) is 19.6 Å². The van der Waals surface area contributed by atoms with Crippen molar-refractivity contribution in [2.24, 2.45) is 0 Å². The number of aryl methyl sites for hydroxylation is 1. The minimum atomic E-state index is -1.12. The first-order valence-corrected chi connectivity index (χ1v) is 10.5. The molecule has 5 nitrogen and oxygen atoms in total. The summed E-state index contributed by atoms with van der Waals surface area (Å²) in [7, 11) is -1.12. The Kier molecular flexibility index (Phi) is 6.32. The first-order valence-electron chi connectivity index (χ1n) is 6.82. The number of nitrogens with zero attached hydrogens (tertiary/aromatic N) is 1. The van der Waals surface area contributed by atoms with E-state index in [2.05, 4.69) is 25.0 Å². The topological polar surface area (TPSA) is 64.4 Å². The van der Waals surface area contributed by atoms with E-state index in [0.29, 0.717) is 13.2 Å². The zero-order valence-electron chi connectivity index (χ0n) is 12.7. The molecule has 0 radical (unpaired) electrons. The third-order valence-electron chi connectivity index (χ3n) is 2.81. The summed E-state index contributed by atoms with van der Waals surface area (Å²) in [6, 6.07) is 4.97.